The van der Waals surface area contributed by atoms with Crippen molar-refractivity contribution in [1.82, 2.24) is 0 Å². The third kappa shape index (κ3) is 11.8. The third-order valence-electron chi connectivity index (χ3n) is 2.52. The Hall–Kier alpha value is -0.487. The summed E-state index contributed by atoms with van der Waals surface area (Å²) in [6, 6.07) is 8.42. The van der Waals surface area contributed by atoms with Crippen molar-refractivity contribution in [2.75, 3.05) is 0 Å². The maximum absolute atomic E-state index is 2.99. The van der Waals surface area contributed by atoms with E-state index in [4.69, 9.17) is 0 Å². The van der Waals surface area contributed by atoms with E-state index in [1.54, 1.807) is 0 Å². The van der Waals surface area contributed by atoms with Crippen LogP contribution in [-0.4, -0.2) is 3.71 Å². The second-order valence-corrected chi connectivity index (χ2v) is 4.72. The zero-order chi connectivity index (χ0) is 13.8. The van der Waals surface area contributed by atoms with Gasteiger partial charge in [-0.2, -0.15) is 12.2 Å². The molecule has 2 aliphatic carbocycles. The minimum Gasteiger partial charge on any atom is -0.273 e. The molecule has 1 aromatic carbocycles. The van der Waals surface area contributed by atoms with Gasteiger partial charge >= 0.3 is 70.3 Å². The third-order valence-corrected chi connectivity index (χ3v) is 3.28. The topological polar surface area (TPSA) is 0 Å². The molecule has 0 aliphatic heterocycles. The zero-order valence-electron chi connectivity index (χ0n) is 12.1. The van der Waals surface area contributed by atoms with Crippen LogP contribution in [0.3, 0.4) is 0 Å². The second kappa shape index (κ2) is 15.9. The number of hydrogen-bond donors (Lipinski definition) is 0. The fourth-order valence-corrected chi connectivity index (χ4v) is 2.23. The summed E-state index contributed by atoms with van der Waals surface area (Å²) in [6.45, 7) is 2.13. The van der Waals surface area contributed by atoms with Gasteiger partial charge in [0.05, 0.1) is 0 Å². The van der Waals surface area contributed by atoms with Crippen molar-refractivity contribution >= 4 is 28.5 Å². The Bertz CT molecular complexity index is 458. The van der Waals surface area contributed by atoms with E-state index in [9.17, 15) is 0 Å². The molecule has 21 heavy (non-hydrogen) atoms. The Labute approximate surface area is 155 Å². The molecule has 0 aromatic heterocycles. The van der Waals surface area contributed by atoms with Crippen molar-refractivity contribution in [2.24, 2.45) is 0 Å². The normalized spacial score (nSPS) is 12.3. The molecule has 0 atom stereocenters. The van der Waals surface area contributed by atoms with Crippen LogP contribution in [0.2, 0.25) is 0 Å². The van der Waals surface area contributed by atoms with Crippen LogP contribution in [-0.2, 0) is 24.2 Å². The van der Waals surface area contributed by atoms with Crippen LogP contribution < -0.4 is 0 Å². The molecule has 2 aliphatic rings. The molecule has 0 bridgehead atoms. The van der Waals surface area contributed by atoms with Gasteiger partial charge in [0.25, 0.3) is 0 Å². The number of rotatable bonds is 1. The van der Waals surface area contributed by atoms with Gasteiger partial charge in [0.2, 0.25) is 0 Å². The van der Waals surface area contributed by atoms with E-state index < -0.39 is 0 Å². The minimum atomic E-state index is 0. The first-order chi connectivity index (χ1) is 9.34. The molecule has 0 N–H and O–H groups in total. The van der Waals surface area contributed by atoms with E-state index >= 15 is 0 Å². The Morgan fingerprint density at radius 3 is 1.71 bits per heavy atom. The van der Waals surface area contributed by atoms with Crippen LogP contribution in [0.4, 0.5) is 0 Å². The molecule has 0 nitrogen and oxygen atoms in total. The molecule has 3 rings (SSSR count). The number of allylic oxidation sites excluding steroid dienone is 8. The number of halogens is 2. The summed E-state index contributed by atoms with van der Waals surface area (Å²) < 4.78 is 2.21. The van der Waals surface area contributed by atoms with Crippen LogP contribution >= 0.6 is 24.8 Å². The standard InChI is InChI=1S/C8H8.2C5H5.2ClH.Zr/c1-7-5-3-4-6-8(7)2;2*1-2-4-5-3-1;;;/h1,3-6H,2H3;2*1-3H,4H2;2*1H;/q;2*-1;;;+2. The van der Waals surface area contributed by atoms with Gasteiger partial charge in [0, 0.05) is 0 Å². The molecule has 0 unspecified atom stereocenters. The fourth-order valence-electron chi connectivity index (χ4n) is 1.43. The molecule has 0 saturated carbocycles. The van der Waals surface area contributed by atoms with Crippen molar-refractivity contribution in [3.05, 3.63) is 84.0 Å². The summed E-state index contributed by atoms with van der Waals surface area (Å²) >= 11 is 1.47. The van der Waals surface area contributed by atoms with Crippen LogP contribution in [0.25, 0.3) is 0 Å². The van der Waals surface area contributed by atoms with Crippen molar-refractivity contribution in [1.29, 1.82) is 0 Å². The average molecular weight is 398 g/mol. The van der Waals surface area contributed by atoms with E-state index in [0.717, 1.165) is 12.8 Å². The molecule has 3 heteroatoms. The Kier molecular flexibility index (Phi) is 17.2. The maximum Gasteiger partial charge on any atom is -0.109 e. The van der Waals surface area contributed by atoms with E-state index in [1.165, 1.54) is 35.4 Å². The van der Waals surface area contributed by atoms with Crippen molar-refractivity contribution in [2.45, 2.75) is 19.8 Å². The molecular formula is C18H20Cl2Zr. The van der Waals surface area contributed by atoms with Gasteiger partial charge in [-0.05, 0) is 0 Å². The predicted molar refractivity (Wildman–Crippen MR) is 94.0 cm³/mol. The summed E-state index contributed by atoms with van der Waals surface area (Å²) in [6.07, 6.45) is 20.0. The van der Waals surface area contributed by atoms with Crippen molar-refractivity contribution in [3.63, 3.8) is 0 Å². The number of hydrogen-bond acceptors (Lipinski definition) is 0. The van der Waals surface area contributed by atoms with E-state index in [-0.39, 0.29) is 24.8 Å². The van der Waals surface area contributed by atoms with Crippen molar-refractivity contribution in [3.8, 4) is 0 Å². The minimum absolute atomic E-state index is 0. The summed E-state index contributed by atoms with van der Waals surface area (Å²) in [4.78, 5) is 0. The van der Waals surface area contributed by atoms with Crippen LogP contribution in [0.1, 0.15) is 24.0 Å². The van der Waals surface area contributed by atoms with Gasteiger partial charge in [0.1, 0.15) is 0 Å². The molecule has 0 fully saturated rings. The van der Waals surface area contributed by atoms with Gasteiger partial charge in [-0.1, -0.05) is 0 Å². The largest absolute Gasteiger partial charge is 0.273 e. The Morgan fingerprint density at radius 2 is 1.48 bits per heavy atom. The molecule has 110 valence electrons. The number of benzene rings is 1. The number of aryl methyl sites for hydroxylation is 1. The maximum atomic E-state index is 2.99. The molecule has 1 aromatic rings. The predicted octanol–water partition coefficient (Wildman–Crippen LogP) is 5.15. The van der Waals surface area contributed by atoms with E-state index in [1.807, 2.05) is 24.3 Å². The molecule has 0 radical (unpaired) electrons. The molecule has 0 saturated heterocycles. The second-order valence-electron chi connectivity index (χ2n) is 4.01. The summed E-state index contributed by atoms with van der Waals surface area (Å²) in [5.41, 5.74) is 2.74. The van der Waals surface area contributed by atoms with Crippen LogP contribution in [0, 0.1) is 19.1 Å². The van der Waals surface area contributed by atoms with Gasteiger partial charge in [0.15, 0.2) is 0 Å². The molecule has 0 amide bonds. The first-order valence-corrected chi connectivity index (χ1v) is 7.76. The van der Waals surface area contributed by atoms with Gasteiger partial charge < -0.3 is 0 Å². The van der Waals surface area contributed by atoms with Gasteiger partial charge in [-0.3, -0.25) is 12.2 Å². The van der Waals surface area contributed by atoms with Gasteiger partial charge in [-0.25, -0.2) is 24.3 Å². The monoisotopic (exact) mass is 396 g/mol. The van der Waals surface area contributed by atoms with E-state index in [0.29, 0.717) is 0 Å². The summed E-state index contributed by atoms with van der Waals surface area (Å²) in [7, 11) is 0. The zero-order valence-corrected chi connectivity index (χ0v) is 16.2. The van der Waals surface area contributed by atoms with Crippen molar-refractivity contribution < 1.29 is 24.2 Å². The SMILES string of the molecule is Cc1ccccc1[CH]=[Zr+2].Cl.Cl.[C-]1=CC=CC1.[C-]1=CC=CC1. The first-order valence-electron chi connectivity index (χ1n) is 6.34. The molecule has 0 spiro atoms. The quantitative estimate of drug-likeness (QED) is 0.574. The average Bonchev–Trinajstić information content (AvgIpc) is 3.17. The fraction of sp³-hybridized carbons (Fsp3) is 0.167. The van der Waals surface area contributed by atoms with Crippen LogP contribution in [0.5, 0.6) is 0 Å². The Balaban J connectivity index is 0. The smallest absolute Gasteiger partial charge is 0.109 e. The van der Waals surface area contributed by atoms with Gasteiger partial charge in [-0.15, -0.1) is 37.7 Å². The molecular weight excluding hydrogens is 378 g/mol. The summed E-state index contributed by atoms with van der Waals surface area (Å²) in [5, 5.41) is 0. The Morgan fingerprint density at radius 1 is 0.952 bits per heavy atom. The molecule has 0 heterocycles. The van der Waals surface area contributed by atoms with Crippen LogP contribution in [0.15, 0.2) is 60.7 Å². The first kappa shape index (κ1) is 22.8. The van der Waals surface area contributed by atoms with E-state index in [2.05, 4.69) is 59.2 Å². The summed E-state index contributed by atoms with van der Waals surface area (Å²) in [5.74, 6) is 0.